The van der Waals surface area contributed by atoms with E-state index in [1.54, 1.807) is 48.5 Å². The number of fused-ring (bicyclic) bond motifs is 3. The Hall–Kier alpha value is -4.99. The molecule has 2 aliphatic rings. The summed E-state index contributed by atoms with van der Waals surface area (Å²) in [5.74, 6) is -1.23. The van der Waals surface area contributed by atoms with E-state index >= 15 is 0 Å². The average Bonchev–Trinajstić information content (AvgIpc) is 2.99. The highest BCUT2D eigenvalue weighted by Crippen LogP contribution is 2.34. The first-order chi connectivity index (χ1) is 19.4. The number of nitrogens with one attached hydrogen (secondary N) is 4. The van der Waals surface area contributed by atoms with E-state index in [0.717, 1.165) is 0 Å². The molecule has 0 atom stereocenters. The van der Waals surface area contributed by atoms with Crippen LogP contribution in [0.3, 0.4) is 0 Å². The van der Waals surface area contributed by atoms with E-state index in [2.05, 4.69) is 37.8 Å². The lowest BCUT2D eigenvalue weighted by Crippen LogP contribution is -2.30. The first kappa shape index (κ1) is 25.3. The van der Waals surface area contributed by atoms with Gasteiger partial charge in [-0.15, -0.1) is 0 Å². The largest absolute Gasteiger partial charge is 0.288 e. The van der Waals surface area contributed by atoms with Gasteiger partial charge in [0.15, 0.2) is 11.0 Å². The summed E-state index contributed by atoms with van der Waals surface area (Å²) in [4.78, 5) is 38.5. The molecule has 4 N–H and O–H groups in total. The number of halogens is 2. The number of aromatic nitrogens is 2. The van der Waals surface area contributed by atoms with Crippen molar-refractivity contribution in [3.63, 3.8) is 0 Å². The van der Waals surface area contributed by atoms with E-state index < -0.39 is 11.6 Å². The number of H-pyrrole nitrogens is 2. The van der Waals surface area contributed by atoms with Crippen molar-refractivity contribution in [3.8, 4) is 0 Å². The Morgan fingerprint density at radius 2 is 0.975 bits per heavy atom. The van der Waals surface area contributed by atoms with Crippen LogP contribution in [0, 0.1) is 0 Å². The number of rotatable bonds is 4. The fourth-order valence-corrected chi connectivity index (χ4v) is 5.04. The average molecular weight is 569 g/mol. The van der Waals surface area contributed by atoms with Gasteiger partial charge in [0.25, 0.3) is 0 Å². The first-order valence-corrected chi connectivity index (χ1v) is 12.7. The zero-order valence-corrected chi connectivity index (χ0v) is 22.0. The summed E-state index contributed by atoms with van der Waals surface area (Å²) in [5.41, 5.74) is 8.56. The Labute approximate surface area is 236 Å². The molecular formula is C29H18Cl2N6O3. The number of allylic oxidation sites excluding steroid dienone is 4. The molecule has 0 amide bonds. The lowest BCUT2D eigenvalue weighted by molar-refractivity contribution is 0.0974. The highest BCUT2D eigenvalue weighted by atomic mass is 35.5. The molecule has 196 valence electrons. The zero-order chi connectivity index (χ0) is 28.0. The van der Waals surface area contributed by atoms with Crippen LogP contribution in [0.25, 0.3) is 16.3 Å². The van der Waals surface area contributed by atoms with E-state index in [4.69, 9.17) is 23.2 Å². The van der Waals surface area contributed by atoms with Crippen molar-refractivity contribution < 1.29 is 14.4 Å². The van der Waals surface area contributed by atoms with Gasteiger partial charge in [0, 0.05) is 33.0 Å². The number of nitrogens with zero attached hydrogens (tertiary/aromatic N) is 2. The van der Waals surface area contributed by atoms with Gasteiger partial charge in [-0.25, -0.2) is 0 Å². The molecule has 0 saturated heterocycles. The zero-order valence-electron chi connectivity index (χ0n) is 20.5. The van der Waals surface area contributed by atoms with Crippen molar-refractivity contribution in [2.45, 2.75) is 0 Å². The summed E-state index contributed by atoms with van der Waals surface area (Å²) >= 11 is 12.6. The fourth-order valence-electron chi connectivity index (χ4n) is 4.55. The molecule has 40 heavy (non-hydrogen) atoms. The third-order valence-electron chi connectivity index (χ3n) is 6.58. The molecule has 9 nitrogen and oxygen atoms in total. The number of carbonyl (C=O) groups is 3. The van der Waals surface area contributed by atoms with Crippen LogP contribution in [-0.4, -0.2) is 27.5 Å². The van der Waals surface area contributed by atoms with Gasteiger partial charge in [0.1, 0.15) is 15.8 Å². The molecule has 6 rings (SSSR count). The standard InChI is InChI=1S/C29H18Cl2N6O3/c1-14-15-8-2-3-9-16(15)25(38)21(30)23(14)32-34-28-19-12-6-7-13-20(19)29(37-36-28)35-33-24-22(31)26(39)17-10-4-5-11-18(17)27(24)40/h2-13,32-33H,1H2,(H,34,36)(H,35,37). The molecule has 1 heterocycles. The summed E-state index contributed by atoms with van der Waals surface area (Å²) in [6.45, 7) is 4.09. The summed E-state index contributed by atoms with van der Waals surface area (Å²) in [6.07, 6.45) is 0. The third kappa shape index (κ3) is 4.08. The molecule has 3 aromatic carbocycles. The molecule has 0 aliphatic heterocycles. The van der Waals surface area contributed by atoms with E-state index in [1.807, 2.05) is 24.3 Å². The highest BCUT2D eigenvalue weighted by molar-refractivity contribution is 6.50. The van der Waals surface area contributed by atoms with Gasteiger partial charge >= 0.3 is 0 Å². The van der Waals surface area contributed by atoms with Gasteiger partial charge in [-0.1, -0.05) is 103 Å². The van der Waals surface area contributed by atoms with Gasteiger partial charge in [-0.05, 0) is 5.56 Å². The molecule has 0 saturated carbocycles. The number of ketones is 3. The molecule has 0 fully saturated rings. The lowest BCUT2D eigenvalue weighted by atomic mass is 9.90. The molecule has 11 heteroatoms. The van der Waals surface area contributed by atoms with Gasteiger partial charge in [-0.3, -0.25) is 35.4 Å². The van der Waals surface area contributed by atoms with Crippen LogP contribution in [-0.2, 0) is 0 Å². The quantitative estimate of drug-likeness (QED) is 0.274. The van der Waals surface area contributed by atoms with Crippen LogP contribution in [0.1, 0.15) is 36.6 Å². The van der Waals surface area contributed by atoms with Gasteiger partial charge < -0.3 is 0 Å². The second-order valence-electron chi connectivity index (χ2n) is 8.88. The SMILES string of the molecule is C=C1C(N/N=c2\[nH][nH]/c(=N/NC3=C(Cl)C(=O)c4ccccc4C3=O)c3ccccc23)=C(Cl)C(=O)c2ccccc21. The molecule has 0 bridgehead atoms. The van der Waals surface area contributed by atoms with Crippen molar-refractivity contribution in [1.82, 2.24) is 21.0 Å². The summed E-state index contributed by atoms with van der Waals surface area (Å²) in [7, 11) is 0. The number of hydrogen-bond acceptors (Lipinski definition) is 7. The molecular weight excluding hydrogens is 551 g/mol. The predicted octanol–water partition coefficient (Wildman–Crippen LogP) is 4.20. The van der Waals surface area contributed by atoms with Crippen molar-refractivity contribution in [1.29, 1.82) is 0 Å². The minimum Gasteiger partial charge on any atom is -0.288 e. The molecule has 1 aromatic heterocycles. The Balaban J connectivity index is 1.37. The fraction of sp³-hybridized carbons (Fsp3) is 0. The van der Waals surface area contributed by atoms with Crippen LogP contribution in [0.15, 0.2) is 111 Å². The Morgan fingerprint density at radius 1 is 0.575 bits per heavy atom. The second kappa shape index (κ2) is 9.96. The smallest absolute Gasteiger partial charge is 0.213 e. The van der Waals surface area contributed by atoms with Crippen LogP contribution < -0.4 is 21.8 Å². The number of carbonyl (C=O) groups excluding carboxylic acids is 3. The second-order valence-corrected chi connectivity index (χ2v) is 9.63. The number of benzene rings is 3. The first-order valence-electron chi connectivity index (χ1n) is 12.0. The summed E-state index contributed by atoms with van der Waals surface area (Å²) in [5, 5.41) is 15.6. The van der Waals surface area contributed by atoms with E-state index in [-0.39, 0.29) is 32.7 Å². The normalized spacial score (nSPS) is 16.1. The summed E-state index contributed by atoms with van der Waals surface area (Å²) in [6, 6.07) is 20.8. The Kier molecular flexibility index (Phi) is 6.30. The van der Waals surface area contributed by atoms with Crippen molar-refractivity contribution >= 4 is 56.9 Å². The highest BCUT2D eigenvalue weighted by Gasteiger charge is 2.31. The van der Waals surface area contributed by atoms with Crippen LogP contribution in [0.4, 0.5) is 0 Å². The van der Waals surface area contributed by atoms with Crippen LogP contribution in [0.5, 0.6) is 0 Å². The van der Waals surface area contributed by atoms with Crippen molar-refractivity contribution in [3.05, 3.63) is 134 Å². The van der Waals surface area contributed by atoms with E-state index in [1.165, 1.54) is 0 Å². The molecule has 0 spiro atoms. The van der Waals surface area contributed by atoms with Crippen LogP contribution in [0.2, 0.25) is 0 Å². The van der Waals surface area contributed by atoms with Crippen LogP contribution >= 0.6 is 23.2 Å². The topological polar surface area (TPSA) is 132 Å². The van der Waals surface area contributed by atoms with Gasteiger partial charge in [0.2, 0.25) is 17.3 Å². The Morgan fingerprint density at radius 3 is 1.52 bits per heavy atom. The maximum Gasteiger partial charge on any atom is 0.213 e. The number of hydrogen-bond donors (Lipinski definition) is 4. The monoisotopic (exact) mass is 568 g/mol. The minimum atomic E-state index is -0.464. The number of Topliss-reactive ketones (excluding diaryl/α,β-unsaturated/α-hetero) is 3. The minimum absolute atomic E-state index is 0.0185. The Bertz CT molecular complexity index is 1870. The summed E-state index contributed by atoms with van der Waals surface area (Å²) < 4.78 is 0. The predicted molar refractivity (Wildman–Crippen MR) is 151 cm³/mol. The van der Waals surface area contributed by atoms with Crippen molar-refractivity contribution in [2.24, 2.45) is 10.2 Å². The molecule has 2 aliphatic carbocycles. The maximum atomic E-state index is 13.0. The molecule has 4 aromatic rings. The van der Waals surface area contributed by atoms with E-state index in [9.17, 15) is 14.4 Å². The van der Waals surface area contributed by atoms with E-state index in [0.29, 0.717) is 44.1 Å². The van der Waals surface area contributed by atoms with Gasteiger partial charge in [-0.2, -0.15) is 10.2 Å². The van der Waals surface area contributed by atoms with Crippen molar-refractivity contribution in [2.75, 3.05) is 0 Å². The third-order valence-corrected chi connectivity index (χ3v) is 7.30. The number of aromatic amines is 2. The maximum absolute atomic E-state index is 13.0. The van der Waals surface area contributed by atoms with Gasteiger partial charge in [0.05, 0.1) is 5.70 Å². The molecule has 0 radical (unpaired) electrons. The lowest BCUT2D eigenvalue weighted by Gasteiger charge is -2.20. The molecule has 0 unspecified atom stereocenters.